The molecule has 0 bridgehead atoms. The van der Waals surface area contributed by atoms with Gasteiger partial charge in [0.2, 0.25) is 5.95 Å². The average molecular weight is 206 g/mol. The molecular weight excluding hydrogens is 198 g/mol. The Hall–Kier alpha value is -1.35. The summed E-state index contributed by atoms with van der Waals surface area (Å²) in [6.07, 6.45) is 0. The number of hydrogen-bond donors (Lipinski definition) is 1. The van der Waals surface area contributed by atoms with E-state index in [-0.39, 0.29) is 0 Å². The van der Waals surface area contributed by atoms with Crippen molar-refractivity contribution >= 4 is 28.5 Å². The highest BCUT2D eigenvalue weighted by atomic mass is 35.5. The summed E-state index contributed by atoms with van der Waals surface area (Å²) >= 11 is 5.84. The van der Waals surface area contributed by atoms with E-state index >= 15 is 0 Å². The predicted molar refractivity (Wildman–Crippen MR) is 57.5 cm³/mol. The molecule has 0 atom stereocenters. The highest BCUT2D eigenvalue weighted by Gasteiger charge is 2.03. The van der Waals surface area contributed by atoms with E-state index in [4.69, 9.17) is 18.5 Å². The topological polar surface area (TPSA) is 37.8 Å². The maximum atomic E-state index is 5.84. The zero-order chi connectivity index (χ0) is 10.1. The van der Waals surface area contributed by atoms with Crippen LogP contribution in [0.3, 0.4) is 0 Å². The lowest BCUT2D eigenvalue weighted by Crippen LogP contribution is -1.98. The van der Waals surface area contributed by atoms with Gasteiger partial charge in [0.25, 0.3) is 0 Å². The lowest BCUT2D eigenvalue weighted by atomic mass is 10.2. The number of anilines is 1. The minimum absolute atomic E-state index is 0.432. The molecule has 0 unspecified atom stereocenters. The maximum Gasteiger partial charge on any atom is 0.223 e. The Labute approximate surface area is 87.1 Å². The van der Waals surface area contributed by atoms with Crippen molar-refractivity contribution in [2.75, 3.05) is 12.4 Å². The highest BCUT2D eigenvalue weighted by molar-refractivity contribution is 6.31. The summed E-state index contributed by atoms with van der Waals surface area (Å²) < 4.78 is 0. The monoisotopic (exact) mass is 205 g/mol. The Bertz CT molecular complexity index is 482. The molecule has 2 radical (unpaired) electrons. The van der Waals surface area contributed by atoms with Gasteiger partial charge in [-0.25, -0.2) is 9.97 Å². The molecule has 0 amide bonds. The largest absolute Gasteiger partial charge is 0.357 e. The van der Waals surface area contributed by atoms with E-state index in [0.29, 0.717) is 16.7 Å². The van der Waals surface area contributed by atoms with Crippen LogP contribution in [0.5, 0.6) is 0 Å². The van der Waals surface area contributed by atoms with Crippen molar-refractivity contribution < 1.29 is 0 Å². The van der Waals surface area contributed by atoms with Crippen molar-refractivity contribution in [3.63, 3.8) is 0 Å². The van der Waals surface area contributed by atoms with Crippen LogP contribution in [0.1, 0.15) is 5.69 Å². The number of nitrogens with zero attached hydrogens (tertiary/aromatic N) is 2. The third-order valence-corrected chi connectivity index (χ3v) is 2.15. The van der Waals surface area contributed by atoms with Gasteiger partial charge in [0.15, 0.2) is 0 Å². The van der Waals surface area contributed by atoms with Crippen LogP contribution in [0.15, 0.2) is 18.2 Å². The zero-order valence-corrected chi connectivity index (χ0v) is 8.34. The lowest BCUT2D eigenvalue weighted by Gasteiger charge is -2.04. The number of halogens is 1. The molecule has 0 saturated heterocycles. The Morgan fingerprint density at radius 2 is 2.14 bits per heavy atom. The van der Waals surface area contributed by atoms with E-state index in [2.05, 4.69) is 15.3 Å². The van der Waals surface area contributed by atoms with Crippen molar-refractivity contribution in [2.24, 2.45) is 0 Å². The fourth-order valence-corrected chi connectivity index (χ4v) is 1.41. The lowest BCUT2D eigenvalue weighted by molar-refractivity contribution is 1.17. The van der Waals surface area contributed by atoms with Crippen molar-refractivity contribution in [3.8, 4) is 0 Å². The van der Waals surface area contributed by atoms with E-state index in [0.717, 1.165) is 10.9 Å². The van der Waals surface area contributed by atoms with Crippen molar-refractivity contribution in [1.29, 1.82) is 0 Å². The predicted octanol–water partition coefficient (Wildman–Crippen LogP) is 2.38. The summed E-state index contributed by atoms with van der Waals surface area (Å²) in [7, 11) is 1.75. The van der Waals surface area contributed by atoms with Crippen molar-refractivity contribution in [3.05, 3.63) is 35.8 Å². The van der Waals surface area contributed by atoms with Crippen LogP contribution >= 0.6 is 11.6 Å². The summed E-state index contributed by atoms with van der Waals surface area (Å²) in [4.78, 5) is 8.29. The van der Waals surface area contributed by atoms with Gasteiger partial charge < -0.3 is 5.32 Å². The Morgan fingerprint density at radius 3 is 2.86 bits per heavy atom. The number of fused-ring (bicyclic) bond motifs is 1. The molecule has 0 aliphatic carbocycles. The average Bonchev–Trinajstić information content (AvgIpc) is 2.19. The van der Waals surface area contributed by atoms with Gasteiger partial charge in [0.1, 0.15) is 0 Å². The van der Waals surface area contributed by atoms with Gasteiger partial charge in [-0.3, -0.25) is 0 Å². The van der Waals surface area contributed by atoms with Crippen LogP contribution in [0, 0.1) is 6.92 Å². The summed E-state index contributed by atoms with van der Waals surface area (Å²) in [6.45, 7) is 5.75. The molecule has 0 saturated carbocycles. The van der Waals surface area contributed by atoms with Crippen LogP contribution < -0.4 is 5.32 Å². The SMILES string of the molecule is [CH]c1nc(NC)nc2ccc(Cl)cc12. The second-order valence-electron chi connectivity index (χ2n) is 2.84. The first kappa shape index (κ1) is 9.21. The number of nitrogens with one attached hydrogen (secondary N) is 1. The van der Waals surface area contributed by atoms with Gasteiger partial charge in [-0.2, -0.15) is 0 Å². The number of hydrogen-bond acceptors (Lipinski definition) is 3. The molecule has 1 aromatic heterocycles. The standard InChI is InChI=1S/C10H8ClN3/c1-6-8-5-7(11)3-4-9(8)14-10(12-2)13-6/h1,3-5H,2H3,(H,12,13,14). The third kappa shape index (κ3) is 1.51. The molecule has 0 aliphatic rings. The van der Waals surface area contributed by atoms with Crippen LogP contribution in [-0.4, -0.2) is 17.0 Å². The highest BCUT2D eigenvalue weighted by Crippen LogP contribution is 2.20. The van der Waals surface area contributed by atoms with Gasteiger partial charge in [-0.15, -0.1) is 0 Å². The van der Waals surface area contributed by atoms with E-state index < -0.39 is 0 Å². The quantitative estimate of drug-likeness (QED) is 0.777. The first-order valence-electron chi connectivity index (χ1n) is 4.11. The van der Waals surface area contributed by atoms with Crippen LogP contribution in [0.2, 0.25) is 5.02 Å². The van der Waals surface area contributed by atoms with Crippen molar-refractivity contribution in [1.82, 2.24) is 9.97 Å². The third-order valence-electron chi connectivity index (χ3n) is 1.91. The fourth-order valence-electron chi connectivity index (χ4n) is 1.24. The number of benzene rings is 1. The van der Waals surface area contributed by atoms with E-state index in [1.807, 2.05) is 6.07 Å². The molecule has 0 aliphatic heterocycles. The Kier molecular flexibility index (Phi) is 2.25. The smallest absolute Gasteiger partial charge is 0.223 e. The molecule has 0 fully saturated rings. The molecule has 14 heavy (non-hydrogen) atoms. The van der Waals surface area contributed by atoms with Crippen LogP contribution in [-0.2, 0) is 0 Å². The second-order valence-corrected chi connectivity index (χ2v) is 3.28. The van der Waals surface area contributed by atoms with Gasteiger partial charge in [-0.1, -0.05) is 11.6 Å². The van der Waals surface area contributed by atoms with E-state index in [9.17, 15) is 0 Å². The molecule has 2 rings (SSSR count). The fraction of sp³-hybridized carbons (Fsp3) is 0.100. The van der Waals surface area contributed by atoms with Gasteiger partial charge in [0, 0.05) is 24.4 Å². The molecule has 4 heteroatoms. The molecule has 70 valence electrons. The normalized spacial score (nSPS) is 10.5. The summed E-state index contributed by atoms with van der Waals surface area (Å²) in [5.74, 6) is 0.511. The molecule has 0 spiro atoms. The molecular formula is C10H8ClN3. The first-order chi connectivity index (χ1) is 6.70. The molecule has 1 N–H and O–H groups in total. The second kappa shape index (κ2) is 3.42. The summed E-state index contributed by atoms with van der Waals surface area (Å²) in [5.41, 5.74) is 1.22. The number of rotatable bonds is 1. The zero-order valence-electron chi connectivity index (χ0n) is 7.58. The minimum Gasteiger partial charge on any atom is -0.357 e. The van der Waals surface area contributed by atoms with E-state index in [1.54, 1.807) is 19.2 Å². The summed E-state index contributed by atoms with van der Waals surface area (Å²) in [5, 5.41) is 4.24. The van der Waals surface area contributed by atoms with Gasteiger partial charge in [0.05, 0.1) is 11.2 Å². The summed E-state index contributed by atoms with van der Waals surface area (Å²) in [6, 6.07) is 5.35. The van der Waals surface area contributed by atoms with Crippen LogP contribution in [0.4, 0.5) is 5.95 Å². The Balaban J connectivity index is 2.76. The van der Waals surface area contributed by atoms with Gasteiger partial charge in [-0.05, 0) is 18.2 Å². The Morgan fingerprint density at radius 1 is 1.36 bits per heavy atom. The number of aromatic nitrogens is 2. The molecule has 3 nitrogen and oxygen atoms in total. The molecule has 2 aromatic rings. The maximum absolute atomic E-state index is 5.84. The molecule has 1 heterocycles. The van der Waals surface area contributed by atoms with E-state index in [1.165, 1.54) is 0 Å². The van der Waals surface area contributed by atoms with Crippen molar-refractivity contribution in [2.45, 2.75) is 0 Å². The minimum atomic E-state index is 0.432. The van der Waals surface area contributed by atoms with Gasteiger partial charge >= 0.3 is 0 Å². The first-order valence-corrected chi connectivity index (χ1v) is 4.49. The molecule has 1 aromatic carbocycles. The van der Waals surface area contributed by atoms with Crippen LogP contribution in [0.25, 0.3) is 10.9 Å².